The Bertz CT molecular complexity index is 515. The number of nitrogens with zero attached hydrogens (tertiary/aromatic N) is 3. The number of hydrogen-bond donors (Lipinski definition) is 0. The highest BCUT2D eigenvalue weighted by Crippen LogP contribution is 2.19. The lowest BCUT2D eigenvalue weighted by Crippen LogP contribution is -1.93. The minimum absolute atomic E-state index is 0.678. The molecule has 0 radical (unpaired) electrons. The van der Waals surface area contributed by atoms with E-state index in [0.717, 1.165) is 17.1 Å². The van der Waals surface area contributed by atoms with Crippen molar-refractivity contribution in [2.75, 3.05) is 0 Å². The van der Waals surface area contributed by atoms with Gasteiger partial charge < -0.3 is 4.57 Å². The summed E-state index contributed by atoms with van der Waals surface area (Å²) in [5, 5.41) is 8.69. The van der Waals surface area contributed by atoms with E-state index >= 15 is 0 Å². The zero-order chi connectivity index (χ0) is 10.8. The predicted octanol–water partition coefficient (Wildman–Crippen LogP) is 2.27. The van der Waals surface area contributed by atoms with Crippen molar-refractivity contribution in [3.8, 4) is 17.3 Å². The van der Waals surface area contributed by atoms with Crippen molar-refractivity contribution in [1.29, 1.82) is 5.26 Å². The summed E-state index contributed by atoms with van der Waals surface area (Å²) in [4.78, 5) is 4.23. The number of rotatable bonds is 1. The van der Waals surface area contributed by atoms with Crippen LogP contribution in [0.2, 0.25) is 0 Å². The van der Waals surface area contributed by atoms with Crippen LogP contribution in [0.1, 0.15) is 11.4 Å². The van der Waals surface area contributed by atoms with Gasteiger partial charge in [0.05, 0.1) is 23.5 Å². The van der Waals surface area contributed by atoms with Gasteiger partial charge in [-0.2, -0.15) is 5.26 Å². The van der Waals surface area contributed by atoms with Gasteiger partial charge in [-0.25, -0.2) is 4.98 Å². The molecule has 1 aromatic carbocycles. The van der Waals surface area contributed by atoms with Crippen molar-refractivity contribution in [2.24, 2.45) is 7.05 Å². The molecule has 3 heteroatoms. The molecular formula is C12H11N3. The van der Waals surface area contributed by atoms with Crippen LogP contribution in [0.3, 0.4) is 0 Å². The molecule has 3 nitrogen and oxygen atoms in total. The van der Waals surface area contributed by atoms with Crippen LogP contribution >= 0.6 is 0 Å². The Morgan fingerprint density at radius 3 is 2.40 bits per heavy atom. The number of nitriles is 1. The van der Waals surface area contributed by atoms with Gasteiger partial charge in [0.25, 0.3) is 0 Å². The van der Waals surface area contributed by atoms with Gasteiger partial charge in [0.1, 0.15) is 5.82 Å². The average molecular weight is 197 g/mol. The Balaban J connectivity index is 2.47. The molecule has 0 unspecified atom stereocenters. The fraction of sp³-hybridized carbons (Fsp3) is 0.167. The number of imidazole rings is 1. The molecule has 0 spiro atoms. The van der Waals surface area contributed by atoms with Crippen LogP contribution in [0.5, 0.6) is 0 Å². The van der Waals surface area contributed by atoms with E-state index in [4.69, 9.17) is 5.26 Å². The summed E-state index contributed by atoms with van der Waals surface area (Å²) in [5.41, 5.74) is 2.83. The van der Waals surface area contributed by atoms with E-state index in [0.29, 0.717) is 5.56 Å². The molecule has 74 valence electrons. The largest absolute Gasteiger partial charge is 0.331 e. The molecule has 0 N–H and O–H groups in total. The lowest BCUT2D eigenvalue weighted by atomic mass is 10.1. The van der Waals surface area contributed by atoms with E-state index < -0.39 is 0 Å². The Kier molecular flexibility index (Phi) is 2.26. The third kappa shape index (κ3) is 1.62. The molecular weight excluding hydrogens is 186 g/mol. The van der Waals surface area contributed by atoms with Crippen molar-refractivity contribution in [3.63, 3.8) is 0 Å². The summed E-state index contributed by atoms with van der Waals surface area (Å²) in [5.74, 6) is 0.981. The zero-order valence-corrected chi connectivity index (χ0v) is 8.73. The third-order valence-electron chi connectivity index (χ3n) is 2.53. The predicted molar refractivity (Wildman–Crippen MR) is 58.1 cm³/mol. The van der Waals surface area contributed by atoms with E-state index in [-0.39, 0.29) is 0 Å². The topological polar surface area (TPSA) is 41.6 Å². The first kappa shape index (κ1) is 9.47. The summed E-state index contributed by atoms with van der Waals surface area (Å²) >= 11 is 0. The van der Waals surface area contributed by atoms with Gasteiger partial charge in [-0.15, -0.1) is 0 Å². The lowest BCUT2D eigenvalue weighted by molar-refractivity contribution is 0.865. The number of hydrogen-bond acceptors (Lipinski definition) is 2. The number of aromatic nitrogens is 2. The van der Waals surface area contributed by atoms with E-state index in [9.17, 15) is 0 Å². The smallest absolute Gasteiger partial charge is 0.105 e. The minimum atomic E-state index is 0.678. The van der Waals surface area contributed by atoms with Gasteiger partial charge in [0, 0.05) is 7.05 Å². The van der Waals surface area contributed by atoms with Crippen LogP contribution in [0.15, 0.2) is 30.5 Å². The van der Waals surface area contributed by atoms with Crippen LogP contribution in [0.4, 0.5) is 0 Å². The molecule has 0 amide bonds. The molecule has 0 atom stereocenters. The molecule has 0 aliphatic heterocycles. The van der Waals surface area contributed by atoms with E-state index in [1.54, 1.807) is 0 Å². The van der Waals surface area contributed by atoms with Gasteiger partial charge in [0.15, 0.2) is 0 Å². The molecule has 0 aliphatic rings. The van der Waals surface area contributed by atoms with Gasteiger partial charge in [-0.3, -0.25) is 0 Å². The van der Waals surface area contributed by atoms with Crippen LogP contribution in [0, 0.1) is 18.3 Å². The molecule has 2 aromatic rings. The quantitative estimate of drug-likeness (QED) is 0.703. The van der Waals surface area contributed by atoms with Crippen LogP contribution in [-0.2, 0) is 7.05 Å². The number of aryl methyl sites for hydroxylation is 1. The first-order valence-electron chi connectivity index (χ1n) is 4.71. The Morgan fingerprint density at radius 1 is 1.27 bits per heavy atom. The van der Waals surface area contributed by atoms with Crippen LogP contribution < -0.4 is 0 Å². The fourth-order valence-electron chi connectivity index (χ4n) is 1.49. The van der Waals surface area contributed by atoms with Crippen molar-refractivity contribution in [1.82, 2.24) is 9.55 Å². The standard InChI is InChI=1S/C12H11N3/c1-9-14-8-12(15(9)2)11-5-3-10(7-13)4-6-11/h3-6,8H,1-2H3. The summed E-state index contributed by atoms with van der Waals surface area (Å²) in [6.07, 6.45) is 1.84. The zero-order valence-electron chi connectivity index (χ0n) is 8.73. The summed E-state index contributed by atoms with van der Waals surface area (Å²) in [7, 11) is 1.98. The second-order valence-corrected chi connectivity index (χ2v) is 3.44. The van der Waals surface area contributed by atoms with Gasteiger partial charge >= 0.3 is 0 Å². The second kappa shape index (κ2) is 3.58. The minimum Gasteiger partial charge on any atom is -0.331 e. The van der Waals surface area contributed by atoms with Gasteiger partial charge in [-0.1, -0.05) is 12.1 Å². The molecule has 0 aliphatic carbocycles. The first-order valence-corrected chi connectivity index (χ1v) is 4.71. The molecule has 0 fully saturated rings. The molecule has 1 heterocycles. The monoisotopic (exact) mass is 197 g/mol. The SMILES string of the molecule is Cc1ncc(-c2ccc(C#N)cc2)n1C. The van der Waals surface area contributed by atoms with E-state index in [1.165, 1.54) is 0 Å². The van der Waals surface area contributed by atoms with E-state index in [2.05, 4.69) is 11.1 Å². The Hall–Kier alpha value is -2.08. The molecule has 0 saturated heterocycles. The van der Waals surface area contributed by atoms with Gasteiger partial charge in [-0.05, 0) is 24.6 Å². The summed E-state index contributed by atoms with van der Waals surface area (Å²) in [6.45, 7) is 1.97. The third-order valence-corrected chi connectivity index (χ3v) is 2.53. The molecule has 15 heavy (non-hydrogen) atoms. The van der Waals surface area contributed by atoms with Crippen molar-refractivity contribution >= 4 is 0 Å². The molecule has 1 aromatic heterocycles. The van der Waals surface area contributed by atoms with Crippen molar-refractivity contribution in [2.45, 2.75) is 6.92 Å². The number of benzene rings is 1. The van der Waals surface area contributed by atoms with Crippen LogP contribution in [-0.4, -0.2) is 9.55 Å². The first-order chi connectivity index (χ1) is 7.22. The maximum atomic E-state index is 8.69. The van der Waals surface area contributed by atoms with E-state index in [1.807, 2.05) is 49.0 Å². The summed E-state index contributed by atoms with van der Waals surface area (Å²) in [6, 6.07) is 9.62. The maximum Gasteiger partial charge on any atom is 0.105 e. The van der Waals surface area contributed by atoms with Gasteiger partial charge in [0.2, 0.25) is 0 Å². The Morgan fingerprint density at radius 2 is 1.93 bits per heavy atom. The summed E-state index contributed by atoms with van der Waals surface area (Å²) < 4.78 is 2.03. The lowest BCUT2D eigenvalue weighted by Gasteiger charge is -2.03. The highest BCUT2D eigenvalue weighted by molar-refractivity contribution is 5.60. The molecule has 0 bridgehead atoms. The van der Waals surface area contributed by atoms with Crippen molar-refractivity contribution in [3.05, 3.63) is 41.9 Å². The second-order valence-electron chi connectivity index (χ2n) is 3.44. The van der Waals surface area contributed by atoms with Crippen molar-refractivity contribution < 1.29 is 0 Å². The molecule has 2 rings (SSSR count). The van der Waals surface area contributed by atoms with Crippen LogP contribution in [0.25, 0.3) is 11.3 Å². The normalized spacial score (nSPS) is 9.93. The molecule has 0 saturated carbocycles. The average Bonchev–Trinajstić information content (AvgIpc) is 2.60. The highest BCUT2D eigenvalue weighted by atomic mass is 15.0. The Labute approximate surface area is 88.6 Å². The fourth-order valence-corrected chi connectivity index (χ4v) is 1.49. The maximum absolute atomic E-state index is 8.69. The highest BCUT2D eigenvalue weighted by Gasteiger charge is 2.04.